The number of aromatic nitrogens is 1. The molecule has 16 heavy (non-hydrogen) atoms. The topological polar surface area (TPSA) is 40.2 Å². The number of hydrogen-bond acceptors (Lipinski definition) is 2. The van der Waals surface area contributed by atoms with Crippen LogP contribution in [-0.2, 0) is 6.54 Å². The lowest BCUT2D eigenvalue weighted by atomic mass is 10.2. The first kappa shape index (κ1) is 11.0. The minimum atomic E-state index is 0.708. The molecule has 0 saturated carbocycles. The predicted octanol–water partition coefficient (Wildman–Crippen LogP) is 2.39. The summed E-state index contributed by atoms with van der Waals surface area (Å²) in [5, 5.41) is 1.22. The number of rotatable bonds is 5. The standard InChI is InChI=1S/C13H18N2O/c1-2-16-12-4-5-13-11(10-12)6-9-15(13)8-3-7-14/h4-6,9-10H,2-3,7-8,14H2,1H3. The molecule has 0 radical (unpaired) electrons. The van der Waals surface area contributed by atoms with Gasteiger partial charge in [0.05, 0.1) is 6.61 Å². The van der Waals surface area contributed by atoms with Crippen molar-refractivity contribution >= 4 is 10.9 Å². The van der Waals surface area contributed by atoms with Gasteiger partial charge in [-0.1, -0.05) is 0 Å². The van der Waals surface area contributed by atoms with Gasteiger partial charge in [-0.3, -0.25) is 0 Å². The van der Waals surface area contributed by atoms with E-state index in [0.717, 1.165) is 25.3 Å². The van der Waals surface area contributed by atoms with Crippen molar-refractivity contribution in [1.29, 1.82) is 0 Å². The molecule has 2 rings (SSSR count). The summed E-state index contributed by atoms with van der Waals surface area (Å²) in [5.74, 6) is 0.937. The minimum absolute atomic E-state index is 0.708. The van der Waals surface area contributed by atoms with Crippen molar-refractivity contribution in [2.24, 2.45) is 5.73 Å². The Kier molecular flexibility index (Phi) is 3.47. The van der Waals surface area contributed by atoms with E-state index in [-0.39, 0.29) is 0 Å². The molecule has 1 aromatic heterocycles. The molecule has 0 bridgehead atoms. The summed E-state index contributed by atoms with van der Waals surface area (Å²) in [6.07, 6.45) is 3.12. The van der Waals surface area contributed by atoms with Crippen molar-refractivity contribution in [3.05, 3.63) is 30.5 Å². The molecule has 0 aliphatic rings. The van der Waals surface area contributed by atoms with Crippen LogP contribution in [-0.4, -0.2) is 17.7 Å². The highest BCUT2D eigenvalue weighted by Gasteiger charge is 2.02. The van der Waals surface area contributed by atoms with Gasteiger partial charge in [0.15, 0.2) is 0 Å². The van der Waals surface area contributed by atoms with E-state index in [1.54, 1.807) is 0 Å². The first-order chi connectivity index (χ1) is 7.85. The molecule has 0 aliphatic carbocycles. The Labute approximate surface area is 95.8 Å². The van der Waals surface area contributed by atoms with E-state index in [2.05, 4.69) is 29.0 Å². The second-order valence-electron chi connectivity index (χ2n) is 3.80. The predicted molar refractivity (Wildman–Crippen MR) is 66.8 cm³/mol. The zero-order valence-electron chi connectivity index (χ0n) is 9.65. The van der Waals surface area contributed by atoms with Crippen LogP contribution in [0.2, 0.25) is 0 Å². The average Bonchev–Trinajstić information content (AvgIpc) is 2.69. The molecule has 2 aromatic rings. The van der Waals surface area contributed by atoms with Crippen LogP contribution < -0.4 is 10.5 Å². The lowest BCUT2D eigenvalue weighted by molar-refractivity contribution is 0.340. The third-order valence-corrected chi connectivity index (χ3v) is 2.66. The fourth-order valence-corrected chi connectivity index (χ4v) is 1.89. The van der Waals surface area contributed by atoms with E-state index in [9.17, 15) is 0 Å². The molecule has 0 spiro atoms. The van der Waals surface area contributed by atoms with Crippen LogP contribution in [0.15, 0.2) is 30.5 Å². The summed E-state index contributed by atoms with van der Waals surface area (Å²) in [6.45, 7) is 4.42. The Balaban J connectivity index is 2.27. The Bertz CT molecular complexity index is 462. The van der Waals surface area contributed by atoms with E-state index in [4.69, 9.17) is 10.5 Å². The molecule has 0 aliphatic heterocycles. The second kappa shape index (κ2) is 5.03. The highest BCUT2D eigenvalue weighted by molar-refractivity contribution is 5.81. The number of benzene rings is 1. The number of nitrogens with zero attached hydrogens (tertiary/aromatic N) is 1. The van der Waals surface area contributed by atoms with Crippen molar-refractivity contribution in [1.82, 2.24) is 4.57 Å². The van der Waals surface area contributed by atoms with Gasteiger partial charge < -0.3 is 15.0 Å². The fourth-order valence-electron chi connectivity index (χ4n) is 1.89. The quantitative estimate of drug-likeness (QED) is 0.837. The van der Waals surface area contributed by atoms with E-state index in [1.807, 2.05) is 13.0 Å². The number of ether oxygens (including phenoxy) is 1. The zero-order valence-corrected chi connectivity index (χ0v) is 9.65. The van der Waals surface area contributed by atoms with Crippen LogP contribution in [0, 0.1) is 0 Å². The molecular formula is C13H18N2O. The maximum absolute atomic E-state index is 5.52. The molecule has 3 heteroatoms. The summed E-state index contributed by atoms with van der Waals surface area (Å²) in [6, 6.07) is 8.33. The molecule has 1 heterocycles. The number of aryl methyl sites for hydroxylation is 1. The van der Waals surface area contributed by atoms with Crippen LogP contribution in [0.4, 0.5) is 0 Å². The van der Waals surface area contributed by atoms with Crippen LogP contribution in [0.1, 0.15) is 13.3 Å². The van der Waals surface area contributed by atoms with Gasteiger partial charge in [0, 0.05) is 23.6 Å². The van der Waals surface area contributed by atoms with Gasteiger partial charge in [-0.25, -0.2) is 0 Å². The van der Waals surface area contributed by atoms with Crippen LogP contribution in [0.5, 0.6) is 5.75 Å². The molecule has 2 N–H and O–H groups in total. The second-order valence-corrected chi connectivity index (χ2v) is 3.80. The molecule has 86 valence electrons. The number of hydrogen-bond donors (Lipinski definition) is 1. The van der Waals surface area contributed by atoms with Crippen molar-refractivity contribution in [2.75, 3.05) is 13.2 Å². The molecule has 0 amide bonds. The first-order valence-electron chi connectivity index (χ1n) is 5.77. The Morgan fingerprint density at radius 1 is 1.31 bits per heavy atom. The molecule has 0 unspecified atom stereocenters. The minimum Gasteiger partial charge on any atom is -0.494 e. The summed E-state index contributed by atoms with van der Waals surface area (Å²) in [5.41, 5.74) is 6.77. The molecule has 0 saturated heterocycles. The Morgan fingerprint density at radius 3 is 2.94 bits per heavy atom. The summed E-state index contributed by atoms with van der Waals surface area (Å²) in [4.78, 5) is 0. The van der Waals surface area contributed by atoms with Crippen LogP contribution in [0.3, 0.4) is 0 Å². The molecule has 1 aromatic carbocycles. The van der Waals surface area contributed by atoms with Gasteiger partial charge in [0.1, 0.15) is 5.75 Å². The van der Waals surface area contributed by atoms with Gasteiger partial charge in [-0.05, 0) is 44.2 Å². The highest BCUT2D eigenvalue weighted by atomic mass is 16.5. The smallest absolute Gasteiger partial charge is 0.120 e. The monoisotopic (exact) mass is 218 g/mol. The highest BCUT2D eigenvalue weighted by Crippen LogP contribution is 2.22. The summed E-state index contributed by atoms with van der Waals surface area (Å²) >= 11 is 0. The maximum Gasteiger partial charge on any atom is 0.120 e. The lowest BCUT2D eigenvalue weighted by Gasteiger charge is -2.06. The Morgan fingerprint density at radius 2 is 2.19 bits per heavy atom. The van der Waals surface area contributed by atoms with E-state index in [1.165, 1.54) is 10.9 Å². The fraction of sp³-hybridized carbons (Fsp3) is 0.385. The van der Waals surface area contributed by atoms with Gasteiger partial charge >= 0.3 is 0 Å². The third kappa shape index (κ3) is 2.19. The van der Waals surface area contributed by atoms with Crippen molar-refractivity contribution < 1.29 is 4.74 Å². The van der Waals surface area contributed by atoms with Gasteiger partial charge in [-0.2, -0.15) is 0 Å². The van der Waals surface area contributed by atoms with Crippen molar-refractivity contribution in [3.8, 4) is 5.75 Å². The van der Waals surface area contributed by atoms with Gasteiger partial charge in [0.25, 0.3) is 0 Å². The van der Waals surface area contributed by atoms with E-state index in [0.29, 0.717) is 6.61 Å². The SMILES string of the molecule is CCOc1ccc2c(ccn2CCCN)c1. The third-order valence-electron chi connectivity index (χ3n) is 2.66. The lowest BCUT2D eigenvalue weighted by Crippen LogP contribution is -2.04. The van der Waals surface area contributed by atoms with E-state index >= 15 is 0 Å². The Hall–Kier alpha value is -1.48. The molecule has 3 nitrogen and oxygen atoms in total. The molecule has 0 atom stereocenters. The van der Waals surface area contributed by atoms with E-state index < -0.39 is 0 Å². The maximum atomic E-state index is 5.52. The van der Waals surface area contributed by atoms with Gasteiger partial charge in [-0.15, -0.1) is 0 Å². The van der Waals surface area contributed by atoms with Gasteiger partial charge in [0.2, 0.25) is 0 Å². The van der Waals surface area contributed by atoms with Crippen LogP contribution in [0.25, 0.3) is 10.9 Å². The average molecular weight is 218 g/mol. The first-order valence-corrected chi connectivity index (χ1v) is 5.77. The number of nitrogens with two attached hydrogens (primary N) is 1. The summed E-state index contributed by atoms with van der Waals surface area (Å²) in [7, 11) is 0. The zero-order chi connectivity index (χ0) is 11.4. The number of fused-ring (bicyclic) bond motifs is 1. The van der Waals surface area contributed by atoms with Crippen molar-refractivity contribution in [2.45, 2.75) is 19.9 Å². The largest absolute Gasteiger partial charge is 0.494 e. The molecule has 0 fully saturated rings. The van der Waals surface area contributed by atoms with Crippen LogP contribution >= 0.6 is 0 Å². The normalized spacial score (nSPS) is 10.9. The summed E-state index contributed by atoms with van der Waals surface area (Å²) < 4.78 is 7.71. The molecular weight excluding hydrogens is 200 g/mol. The van der Waals surface area contributed by atoms with Crippen molar-refractivity contribution in [3.63, 3.8) is 0 Å².